The highest BCUT2D eigenvalue weighted by atomic mass is 19.1. The molecule has 0 radical (unpaired) electrons. The number of anilines is 1. The smallest absolute Gasteiger partial charge is 0.186 e. The van der Waals surface area contributed by atoms with E-state index in [9.17, 15) is 4.39 Å². The normalized spacial score (nSPS) is 17.5. The number of aromatic nitrogens is 2. The highest BCUT2D eigenvalue weighted by molar-refractivity contribution is 5.41. The predicted molar refractivity (Wildman–Crippen MR) is 65.6 cm³/mol. The molecule has 1 aliphatic rings. The van der Waals surface area contributed by atoms with Crippen LogP contribution in [-0.4, -0.2) is 35.6 Å². The summed E-state index contributed by atoms with van der Waals surface area (Å²) in [5, 5.41) is 3.43. The minimum Gasteiger partial charge on any atom is -0.354 e. The first-order chi connectivity index (χ1) is 8.22. The summed E-state index contributed by atoms with van der Waals surface area (Å²) in [6.07, 6.45) is 3.51. The largest absolute Gasteiger partial charge is 0.354 e. The van der Waals surface area contributed by atoms with Crippen LogP contribution >= 0.6 is 0 Å². The van der Waals surface area contributed by atoms with E-state index in [0.717, 1.165) is 32.5 Å². The Hall–Kier alpha value is -1.23. The quantitative estimate of drug-likeness (QED) is 0.866. The van der Waals surface area contributed by atoms with Crippen LogP contribution < -0.4 is 10.2 Å². The van der Waals surface area contributed by atoms with Crippen molar-refractivity contribution in [1.29, 1.82) is 0 Å². The molecule has 0 aliphatic carbocycles. The lowest BCUT2D eigenvalue weighted by molar-refractivity contribution is 0.418. The Balaban J connectivity index is 2.03. The van der Waals surface area contributed by atoms with Crippen LogP contribution in [0.2, 0.25) is 0 Å². The summed E-state index contributed by atoms with van der Waals surface area (Å²) in [6, 6.07) is 0.558. The van der Waals surface area contributed by atoms with Gasteiger partial charge < -0.3 is 10.2 Å². The van der Waals surface area contributed by atoms with Crippen LogP contribution in [0.1, 0.15) is 25.5 Å². The van der Waals surface area contributed by atoms with Gasteiger partial charge in [-0.2, -0.15) is 0 Å². The van der Waals surface area contributed by atoms with E-state index in [0.29, 0.717) is 17.6 Å². The van der Waals surface area contributed by atoms with Gasteiger partial charge in [-0.25, -0.2) is 14.4 Å². The molecule has 0 atom stereocenters. The summed E-state index contributed by atoms with van der Waals surface area (Å²) < 4.78 is 13.8. The first kappa shape index (κ1) is 12.2. The number of hydrogen-bond donors (Lipinski definition) is 1. The van der Waals surface area contributed by atoms with Crippen LogP contribution in [0.4, 0.5) is 10.2 Å². The van der Waals surface area contributed by atoms with Crippen molar-refractivity contribution in [3.05, 3.63) is 17.8 Å². The Labute approximate surface area is 101 Å². The third kappa shape index (κ3) is 2.72. The molecule has 1 N–H and O–H groups in total. The fourth-order valence-electron chi connectivity index (χ4n) is 2.25. The number of rotatable bonds is 3. The van der Waals surface area contributed by atoms with Crippen LogP contribution in [0.25, 0.3) is 0 Å². The number of nitrogens with zero attached hydrogens (tertiary/aromatic N) is 3. The number of aryl methyl sites for hydroxylation is 1. The van der Waals surface area contributed by atoms with E-state index < -0.39 is 0 Å². The fourth-order valence-corrected chi connectivity index (χ4v) is 2.25. The third-order valence-corrected chi connectivity index (χ3v) is 3.23. The first-order valence-corrected chi connectivity index (χ1v) is 6.17. The molecule has 94 valence electrons. The molecule has 1 aromatic rings. The second-order valence-corrected chi connectivity index (χ2v) is 4.42. The minimum absolute atomic E-state index is 0.283. The molecule has 17 heavy (non-hydrogen) atoms. The topological polar surface area (TPSA) is 41.0 Å². The van der Waals surface area contributed by atoms with Crippen molar-refractivity contribution in [1.82, 2.24) is 15.3 Å². The van der Waals surface area contributed by atoms with Gasteiger partial charge in [0, 0.05) is 19.1 Å². The van der Waals surface area contributed by atoms with Crippen LogP contribution in [-0.2, 0) is 0 Å². The summed E-state index contributed by atoms with van der Waals surface area (Å²) in [7, 11) is 0. The van der Waals surface area contributed by atoms with Gasteiger partial charge in [0.25, 0.3) is 0 Å². The Morgan fingerprint density at radius 1 is 1.41 bits per heavy atom. The summed E-state index contributed by atoms with van der Waals surface area (Å²) in [5.41, 5.74) is 0.420. The number of nitrogens with one attached hydrogen (secondary N) is 1. The average molecular weight is 238 g/mol. The molecule has 1 aromatic heterocycles. The molecule has 2 rings (SSSR count). The van der Waals surface area contributed by atoms with Gasteiger partial charge in [0.1, 0.15) is 6.33 Å². The van der Waals surface area contributed by atoms with E-state index in [2.05, 4.69) is 22.2 Å². The maximum absolute atomic E-state index is 13.8. The van der Waals surface area contributed by atoms with Crippen molar-refractivity contribution >= 4 is 5.82 Å². The third-order valence-electron chi connectivity index (χ3n) is 3.23. The van der Waals surface area contributed by atoms with E-state index in [1.54, 1.807) is 6.92 Å². The van der Waals surface area contributed by atoms with Crippen LogP contribution in [0.3, 0.4) is 0 Å². The van der Waals surface area contributed by atoms with Crippen LogP contribution in [0.15, 0.2) is 6.33 Å². The van der Waals surface area contributed by atoms with E-state index >= 15 is 0 Å². The van der Waals surface area contributed by atoms with Gasteiger partial charge in [-0.15, -0.1) is 0 Å². The summed E-state index contributed by atoms with van der Waals surface area (Å²) in [4.78, 5) is 9.92. The molecule has 0 unspecified atom stereocenters. The molecule has 2 heterocycles. The zero-order valence-corrected chi connectivity index (χ0v) is 10.4. The highest BCUT2D eigenvalue weighted by Gasteiger charge is 2.22. The Morgan fingerprint density at radius 3 is 2.76 bits per heavy atom. The molecule has 4 nitrogen and oxygen atoms in total. The minimum atomic E-state index is -0.283. The molecule has 0 saturated carbocycles. The molecule has 1 fully saturated rings. The number of halogens is 1. The van der Waals surface area contributed by atoms with Crippen LogP contribution in [0.5, 0.6) is 0 Å². The molecule has 1 aliphatic heterocycles. The van der Waals surface area contributed by atoms with Gasteiger partial charge in [0.15, 0.2) is 11.6 Å². The highest BCUT2D eigenvalue weighted by Crippen LogP contribution is 2.21. The van der Waals surface area contributed by atoms with Crippen molar-refractivity contribution < 1.29 is 4.39 Å². The summed E-state index contributed by atoms with van der Waals surface area (Å²) >= 11 is 0. The van der Waals surface area contributed by atoms with Crippen molar-refractivity contribution in [3.63, 3.8) is 0 Å². The zero-order chi connectivity index (χ0) is 12.3. The summed E-state index contributed by atoms with van der Waals surface area (Å²) in [6.45, 7) is 6.48. The van der Waals surface area contributed by atoms with E-state index in [1.165, 1.54) is 6.33 Å². The van der Waals surface area contributed by atoms with E-state index in [-0.39, 0.29) is 5.82 Å². The van der Waals surface area contributed by atoms with Crippen molar-refractivity contribution in [3.8, 4) is 0 Å². The first-order valence-electron chi connectivity index (χ1n) is 6.17. The molecule has 5 heteroatoms. The maximum atomic E-state index is 13.8. The van der Waals surface area contributed by atoms with Gasteiger partial charge in [-0.3, -0.25) is 0 Å². The molecular formula is C12H19FN4. The lowest BCUT2D eigenvalue weighted by atomic mass is 10.1. The standard InChI is InChI=1S/C12H19FN4/c1-3-14-10-4-6-17(7-5-10)12-11(13)9(2)15-8-16-12/h8,10,14H,3-7H2,1-2H3. The van der Waals surface area contributed by atoms with Gasteiger partial charge >= 0.3 is 0 Å². The fraction of sp³-hybridized carbons (Fsp3) is 0.667. The number of hydrogen-bond acceptors (Lipinski definition) is 4. The second-order valence-electron chi connectivity index (χ2n) is 4.42. The zero-order valence-electron chi connectivity index (χ0n) is 10.4. The Morgan fingerprint density at radius 2 is 2.12 bits per heavy atom. The molecular weight excluding hydrogens is 219 g/mol. The number of piperidine rings is 1. The lowest BCUT2D eigenvalue weighted by Gasteiger charge is -2.33. The second kappa shape index (κ2) is 5.40. The molecule has 0 amide bonds. The molecule has 0 spiro atoms. The van der Waals surface area contributed by atoms with Crippen molar-refractivity contribution in [2.24, 2.45) is 0 Å². The van der Waals surface area contributed by atoms with Gasteiger partial charge in [-0.05, 0) is 26.3 Å². The molecule has 0 bridgehead atoms. The van der Waals surface area contributed by atoms with E-state index in [4.69, 9.17) is 0 Å². The Kier molecular flexibility index (Phi) is 3.89. The SMILES string of the molecule is CCNC1CCN(c2ncnc(C)c2F)CC1. The monoisotopic (exact) mass is 238 g/mol. The van der Waals surface area contributed by atoms with E-state index in [1.807, 2.05) is 4.90 Å². The maximum Gasteiger partial charge on any atom is 0.186 e. The Bertz CT molecular complexity index is 375. The predicted octanol–water partition coefficient (Wildman–Crippen LogP) is 1.50. The van der Waals surface area contributed by atoms with Gasteiger partial charge in [0.2, 0.25) is 0 Å². The lowest BCUT2D eigenvalue weighted by Crippen LogP contribution is -2.43. The summed E-state index contributed by atoms with van der Waals surface area (Å²) in [5.74, 6) is 0.168. The molecule has 0 aromatic carbocycles. The van der Waals surface area contributed by atoms with Crippen molar-refractivity contribution in [2.75, 3.05) is 24.5 Å². The van der Waals surface area contributed by atoms with Crippen LogP contribution in [0, 0.1) is 12.7 Å². The van der Waals surface area contributed by atoms with Gasteiger partial charge in [0.05, 0.1) is 5.69 Å². The van der Waals surface area contributed by atoms with Crippen molar-refractivity contribution in [2.45, 2.75) is 32.7 Å². The van der Waals surface area contributed by atoms with Gasteiger partial charge in [-0.1, -0.05) is 6.92 Å². The average Bonchev–Trinajstić information content (AvgIpc) is 2.34. The molecule has 1 saturated heterocycles.